The minimum Gasteiger partial charge on any atom is -0.378 e. The number of carbonyl (C=O) groups is 1. The monoisotopic (exact) mass is 478 g/mol. The second-order valence-electron chi connectivity index (χ2n) is 10.5. The van der Waals surface area contributed by atoms with E-state index < -0.39 is 0 Å². The number of anilines is 1. The van der Waals surface area contributed by atoms with E-state index in [1.807, 2.05) is 12.1 Å². The van der Waals surface area contributed by atoms with Gasteiger partial charge in [0.05, 0.1) is 19.3 Å². The molecule has 0 spiro atoms. The highest BCUT2D eigenvalue weighted by Crippen LogP contribution is 2.31. The molecule has 5 heterocycles. The number of hydrogen-bond acceptors (Lipinski definition) is 8. The first-order valence-electron chi connectivity index (χ1n) is 12.3. The van der Waals surface area contributed by atoms with Crippen molar-refractivity contribution in [3.8, 4) is 0 Å². The molecule has 2 aliphatic heterocycles. The van der Waals surface area contributed by atoms with Crippen molar-refractivity contribution < 1.29 is 9.53 Å². The van der Waals surface area contributed by atoms with Crippen molar-refractivity contribution in [3.05, 3.63) is 41.7 Å². The number of aromatic nitrogens is 5. The largest absolute Gasteiger partial charge is 0.378 e. The number of nitrogens with one attached hydrogen (secondary N) is 2. The molecule has 2 fully saturated rings. The van der Waals surface area contributed by atoms with Gasteiger partial charge in [0.25, 0.3) is 5.91 Å². The molecular formula is C25H34N8O2. The summed E-state index contributed by atoms with van der Waals surface area (Å²) in [5, 5.41) is 3.16. The Morgan fingerprint density at radius 3 is 2.63 bits per heavy atom. The summed E-state index contributed by atoms with van der Waals surface area (Å²) in [5.74, 6) is 1.64. The highest BCUT2D eigenvalue weighted by molar-refractivity contribution is 5.92. The number of carbonyl (C=O) groups excluding carboxylic acids is 1. The Hall–Kier alpha value is -3.11. The molecule has 5 rings (SSSR count). The Labute approximate surface area is 205 Å². The van der Waals surface area contributed by atoms with Gasteiger partial charge in [-0.25, -0.2) is 15.0 Å². The SMILES string of the molecule is CN1CC(NC(=O)c2ccc(C(C)(C)C)cn2)CCC1c1nc2ncnc(N3CCOCC3)c2[nH]1. The fraction of sp³-hybridized carbons (Fsp3) is 0.560. The summed E-state index contributed by atoms with van der Waals surface area (Å²) in [5.41, 5.74) is 3.13. The number of aromatic amines is 1. The Morgan fingerprint density at radius 1 is 1.14 bits per heavy atom. The molecule has 3 aromatic rings. The van der Waals surface area contributed by atoms with Gasteiger partial charge in [-0.1, -0.05) is 26.8 Å². The molecule has 3 aromatic heterocycles. The number of imidazole rings is 1. The normalized spacial score (nSPS) is 21.9. The zero-order valence-electron chi connectivity index (χ0n) is 20.9. The van der Waals surface area contributed by atoms with E-state index in [4.69, 9.17) is 9.72 Å². The van der Waals surface area contributed by atoms with Crippen molar-refractivity contribution in [2.24, 2.45) is 0 Å². The fourth-order valence-electron chi connectivity index (χ4n) is 4.85. The average Bonchev–Trinajstić information content (AvgIpc) is 3.28. The maximum atomic E-state index is 12.8. The van der Waals surface area contributed by atoms with Crippen molar-refractivity contribution >= 4 is 22.9 Å². The van der Waals surface area contributed by atoms with Crippen LogP contribution in [0.5, 0.6) is 0 Å². The lowest BCUT2D eigenvalue weighted by molar-refractivity contribution is 0.0874. The molecule has 2 N–H and O–H groups in total. The third kappa shape index (κ3) is 4.99. The predicted molar refractivity (Wildman–Crippen MR) is 134 cm³/mol. The minimum absolute atomic E-state index is 0.00823. The van der Waals surface area contributed by atoms with Crippen LogP contribution in [0.25, 0.3) is 11.2 Å². The van der Waals surface area contributed by atoms with E-state index in [0.717, 1.165) is 55.2 Å². The van der Waals surface area contributed by atoms with Crippen LogP contribution in [-0.2, 0) is 10.2 Å². The van der Waals surface area contributed by atoms with Crippen LogP contribution in [0.3, 0.4) is 0 Å². The van der Waals surface area contributed by atoms with Crippen LogP contribution in [0.15, 0.2) is 24.7 Å². The van der Waals surface area contributed by atoms with Gasteiger partial charge in [0, 0.05) is 31.9 Å². The molecule has 186 valence electrons. The molecule has 35 heavy (non-hydrogen) atoms. The maximum absolute atomic E-state index is 12.8. The molecule has 0 aromatic carbocycles. The van der Waals surface area contributed by atoms with Crippen molar-refractivity contribution in [3.63, 3.8) is 0 Å². The van der Waals surface area contributed by atoms with Gasteiger partial charge in [0.15, 0.2) is 11.5 Å². The fourth-order valence-corrected chi connectivity index (χ4v) is 4.85. The summed E-state index contributed by atoms with van der Waals surface area (Å²) in [6.45, 7) is 10.1. The van der Waals surface area contributed by atoms with Gasteiger partial charge in [-0.15, -0.1) is 0 Å². The number of hydrogen-bond donors (Lipinski definition) is 2. The molecule has 2 aliphatic rings. The van der Waals surface area contributed by atoms with E-state index in [0.29, 0.717) is 24.6 Å². The van der Waals surface area contributed by atoms with Crippen LogP contribution >= 0.6 is 0 Å². The summed E-state index contributed by atoms with van der Waals surface area (Å²) < 4.78 is 5.48. The smallest absolute Gasteiger partial charge is 0.270 e. The second kappa shape index (κ2) is 9.50. The van der Waals surface area contributed by atoms with Gasteiger partial charge in [-0.2, -0.15) is 0 Å². The molecule has 0 radical (unpaired) electrons. The summed E-state index contributed by atoms with van der Waals surface area (Å²) in [7, 11) is 2.07. The van der Waals surface area contributed by atoms with Crippen LogP contribution in [-0.4, -0.2) is 81.7 Å². The van der Waals surface area contributed by atoms with Gasteiger partial charge in [-0.3, -0.25) is 14.7 Å². The first-order chi connectivity index (χ1) is 16.8. The quantitative estimate of drug-likeness (QED) is 0.588. The first kappa shape index (κ1) is 23.6. The Kier molecular flexibility index (Phi) is 6.41. The van der Waals surface area contributed by atoms with E-state index in [1.165, 1.54) is 0 Å². The number of nitrogens with zero attached hydrogens (tertiary/aromatic N) is 6. The summed E-state index contributed by atoms with van der Waals surface area (Å²) in [6.07, 6.45) is 5.11. The molecule has 2 atom stereocenters. The number of ether oxygens (including phenoxy) is 1. The van der Waals surface area contributed by atoms with Gasteiger partial charge in [-0.05, 0) is 36.9 Å². The highest BCUT2D eigenvalue weighted by atomic mass is 16.5. The molecule has 0 saturated carbocycles. The first-order valence-corrected chi connectivity index (χ1v) is 12.3. The zero-order chi connectivity index (χ0) is 24.6. The van der Waals surface area contributed by atoms with E-state index in [-0.39, 0.29) is 23.4 Å². The molecule has 2 saturated heterocycles. The lowest BCUT2D eigenvalue weighted by Gasteiger charge is -2.36. The Morgan fingerprint density at radius 2 is 1.94 bits per heavy atom. The number of pyridine rings is 1. The van der Waals surface area contributed by atoms with Crippen molar-refractivity contribution in [2.75, 3.05) is 44.8 Å². The van der Waals surface area contributed by atoms with Crippen molar-refractivity contribution in [2.45, 2.75) is 51.1 Å². The molecule has 0 bridgehead atoms. The molecule has 1 amide bonds. The topological polar surface area (TPSA) is 112 Å². The number of likely N-dealkylation sites (N-methyl/N-ethyl adjacent to an activating group) is 1. The minimum atomic E-state index is -0.128. The second-order valence-corrected chi connectivity index (χ2v) is 10.5. The number of likely N-dealkylation sites (tertiary alicyclic amines) is 1. The van der Waals surface area contributed by atoms with Gasteiger partial charge in [0.1, 0.15) is 23.4 Å². The molecule has 2 unspecified atom stereocenters. The summed E-state index contributed by atoms with van der Waals surface area (Å²) in [6, 6.07) is 3.98. The Balaban J connectivity index is 1.25. The number of piperidine rings is 1. The number of fused-ring (bicyclic) bond motifs is 1. The number of morpholine rings is 1. The van der Waals surface area contributed by atoms with E-state index >= 15 is 0 Å². The highest BCUT2D eigenvalue weighted by Gasteiger charge is 2.31. The molecule has 0 aliphatic carbocycles. The molecule has 10 nitrogen and oxygen atoms in total. The van der Waals surface area contributed by atoms with E-state index in [9.17, 15) is 4.79 Å². The van der Waals surface area contributed by atoms with Gasteiger partial charge >= 0.3 is 0 Å². The van der Waals surface area contributed by atoms with Crippen molar-refractivity contribution in [1.29, 1.82) is 0 Å². The van der Waals surface area contributed by atoms with Crippen LogP contribution in [0.2, 0.25) is 0 Å². The number of amides is 1. The van der Waals surface area contributed by atoms with Crippen LogP contribution in [0.1, 0.15) is 61.5 Å². The maximum Gasteiger partial charge on any atom is 0.270 e. The van der Waals surface area contributed by atoms with E-state index in [2.05, 4.69) is 62.9 Å². The lowest BCUT2D eigenvalue weighted by atomic mass is 9.88. The average molecular weight is 479 g/mol. The summed E-state index contributed by atoms with van der Waals surface area (Å²) >= 11 is 0. The standard InChI is InChI=1S/C25H34N8O2/c1-25(2,3)16-5-7-18(26-13-16)24(34)29-17-6-8-19(32(4)14-17)21-30-20-22(31-21)27-15-28-23(20)33-9-11-35-12-10-33/h5,7,13,15,17,19H,6,8-12,14H2,1-4H3,(H,29,34)(H,27,28,30,31). The number of H-pyrrole nitrogens is 1. The van der Waals surface area contributed by atoms with Crippen molar-refractivity contribution in [1.82, 2.24) is 35.1 Å². The van der Waals surface area contributed by atoms with Crippen LogP contribution in [0, 0.1) is 0 Å². The van der Waals surface area contributed by atoms with Crippen LogP contribution in [0.4, 0.5) is 5.82 Å². The third-order valence-electron chi connectivity index (χ3n) is 6.94. The van der Waals surface area contributed by atoms with Gasteiger partial charge < -0.3 is 19.9 Å². The molecule has 10 heteroatoms. The Bertz CT molecular complexity index is 1180. The predicted octanol–water partition coefficient (Wildman–Crippen LogP) is 2.45. The van der Waals surface area contributed by atoms with Crippen LogP contribution < -0.4 is 10.2 Å². The van der Waals surface area contributed by atoms with Gasteiger partial charge in [0.2, 0.25) is 0 Å². The molecular weight excluding hydrogens is 444 g/mol. The third-order valence-corrected chi connectivity index (χ3v) is 6.94. The van der Waals surface area contributed by atoms with E-state index in [1.54, 1.807) is 12.5 Å². The number of rotatable bonds is 4. The lowest BCUT2D eigenvalue weighted by Crippen LogP contribution is -2.47. The zero-order valence-corrected chi connectivity index (χ0v) is 20.9. The summed E-state index contributed by atoms with van der Waals surface area (Å²) in [4.78, 5) is 38.9.